The molecule has 2 heterocycles. The minimum atomic E-state index is 0.550. The summed E-state index contributed by atoms with van der Waals surface area (Å²) >= 11 is 0. The number of hydrogen-bond donors (Lipinski definition) is 1. The highest BCUT2D eigenvalue weighted by molar-refractivity contribution is 5.62. The number of fused-ring (bicyclic) bond motifs is 1. The summed E-state index contributed by atoms with van der Waals surface area (Å²) in [5, 5.41) is 0. The average Bonchev–Trinajstić information content (AvgIpc) is 2.75. The third-order valence-corrected chi connectivity index (χ3v) is 2.79. The van der Waals surface area contributed by atoms with Crippen LogP contribution in [0.15, 0.2) is 36.4 Å². The Morgan fingerprint density at radius 2 is 1.94 bits per heavy atom. The first-order chi connectivity index (χ1) is 7.83. The summed E-state index contributed by atoms with van der Waals surface area (Å²) in [7, 11) is 0. The summed E-state index contributed by atoms with van der Waals surface area (Å²) in [5.74, 6) is 0.550. The Bertz CT molecular complexity index is 537. The Morgan fingerprint density at radius 1 is 1.06 bits per heavy atom. The van der Waals surface area contributed by atoms with Crippen molar-refractivity contribution in [2.45, 2.75) is 13.2 Å². The second-order valence-electron chi connectivity index (χ2n) is 3.92. The van der Waals surface area contributed by atoms with Gasteiger partial charge in [-0.3, -0.25) is 0 Å². The maximum absolute atomic E-state index is 5.67. The number of aromatic nitrogens is 1. The Balaban J connectivity index is 2.07. The number of ether oxygens (including phenoxy) is 1. The first-order valence-electron chi connectivity index (χ1n) is 5.25. The highest BCUT2D eigenvalue weighted by atomic mass is 16.5. The standard InChI is InChI=1S/C13H12N2O/c14-13-3-1-2-12(15-13)9-4-5-10-7-16-8-11(10)6-9/h1-6H,7-8H2,(H2,14,15). The summed E-state index contributed by atoms with van der Waals surface area (Å²) in [5.41, 5.74) is 10.2. The van der Waals surface area contributed by atoms with E-state index in [0.29, 0.717) is 12.4 Å². The van der Waals surface area contributed by atoms with Gasteiger partial charge in [-0.15, -0.1) is 0 Å². The third kappa shape index (κ3) is 1.55. The van der Waals surface area contributed by atoms with Crippen molar-refractivity contribution >= 4 is 5.82 Å². The molecule has 2 N–H and O–H groups in total. The highest BCUT2D eigenvalue weighted by Gasteiger charge is 2.12. The van der Waals surface area contributed by atoms with Gasteiger partial charge >= 0.3 is 0 Å². The lowest BCUT2D eigenvalue weighted by Crippen LogP contribution is -1.92. The molecule has 1 aliphatic heterocycles. The smallest absolute Gasteiger partial charge is 0.124 e. The molecule has 0 fully saturated rings. The lowest BCUT2D eigenvalue weighted by Gasteiger charge is -2.04. The highest BCUT2D eigenvalue weighted by Crippen LogP contribution is 2.26. The summed E-state index contributed by atoms with van der Waals surface area (Å²) < 4.78 is 5.38. The van der Waals surface area contributed by atoms with Crippen molar-refractivity contribution in [1.29, 1.82) is 0 Å². The summed E-state index contributed by atoms with van der Waals surface area (Å²) in [6.07, 6.45) is 0. The molecule has 0 unspecified atom stereocenters. The van der Waals surface area contributed by atoms with Crippen molar-refractivity contribution < 1.29 is 4.74 Å². The fourth-order valence-corrected chi connectivity index (χ4v) is 1.94. The molecule has 3 nitrogen and oxygen atoms in total. The van der Waals surface area contributed by atoms with E-state index in [1.165, 1.54) is 11.1 Å². The first-order valence-corrected chi connectivity index (χ1v) is 5.25. The monoisotopic (exact) mass is 212 g/mol. The average molecular weight is 212 g/mol. The van der Waals surface area contributed by atoms with Gasteiger partial charge in [0.1, 0.15) is 5.82 Å². The van der Waals surface area contributed by atoms with Crippen molar-refractivity contribution in [3.8, 4) is 11.3 Å². The number of nitrogens with two attached hydrogens (primary N) is 1. The van der Waals surface area contributed by atoms with Gasteiger partial charge in [-0.2, -0.15) is 0 Å². The molecule has 3 rings (SSSR count). The van der Waals surface area contributed by atoms with Gasteiger partial charge in [0.15, 0.2) is 0 Å². The van der Waals surface area contributed by atoms with Crippen LogP contribution in [0.2, 0.25) is 0 Å². The molecule has 1 aromatic heterocycles. The minimum absolute atomic E-state index is 0.550. The number of nitrogens with zero attached hydrogens (tertiary/aromatic N) is 1. The number of pyridine rings is 1. The maximum atomic E-state index is 5.67. The van der Waals surface area contributed by atoms with E-state index < -0.39 is 0 Å². The van der Waals surface area contributed by atoms with Gasteiger partial charge in [0.2, 0.25) is 0 Å². The molecule has 1 aliphatic rings. The summed E-state index contributed by atoms with van der Waals surface area (Å²) in [6, 6.07) is 12.0. The van der Waals surface area contributed by atoms with Gasteiger partial charge in [0.25, 0.3) is 0 Å². The van der Waals surface area contributed by atoms with E-state index in [9.17, 15) is 0 Å². The molecule has 0 bridgehead atoms. The molecular formula is C13H12N2O. The van der Waals surface area contributed by atoms with Gasteiger partial charge in [-0.05, 0) is 29.3 Å². The van der Waals surface area contributed by atoms with E-state index in [4.69, 9.17) is 10.5 Å². The topological polar surface area (TPSA) is 48.1 Å². The molecule has 80 valence electrons. The molecule has 0 saturated carbocycles. The predicted octanol–water partition coefficient (Wildman–Crippen LogP) is 2.36. The lowest BCUT2D eigenvalue weighted by atomic mass is 10.0. The largest absolute Gasteiger partial charge is 0.384 e. The fraction of sp³-hybridized carbons (Fsp3) is 0.154. The first kappa shape index (κ1) is 9.36. The SMILES string of the molecule is Nc1cccc(-c2ccc3c(c2)COC3)n1. The summed E-state index contributed by atoms with van der Waals surface area (Å²) in [6.45, 7) is 1.42. The predicted molar refractivity (Wildman–Crippen MR) is 62.6 cm³/mol. The Hall–Kier alpha value is -1.87. The van der Waals surface area contributed by atoms with Crippen LogP contribution in [0.4, 0.5) is 5.82 Å². The number of nitrogen functional groups attached to an aromatic ring is 1. The molecule has 2 aromatic rings. The molecule has 0 spiro atoms. The Kier molecular flexibility index (Phi) is 2.11. The van der Waals surface area contributed by atoms with E-state index in [2.05, 4.69) is 23.2 Å². The van der Waals surface area contributed by atoms with Crippen LogP contribution in [0.1, 0.15) is 11.1 Å². The van der Waals surface area contributed by atoms with E-state index in [-0.39, 0.29) is 0 Å². The number of anilines is 1. The van der Waals surface area contributed by atoms with Crippen LogP contribution in [0.5, 0.6) is 0 Å². The quantitative estimate of drug-likeness (QED) is 0.789. The van der Waals surface area contributed by atoms with Crippen LogP contribution in [0, 0.1) is 0 Å². The molecule has 0 radical (unpaired) electrons. The van der Waals surface area contributed by atoms with Crippen molar-refractivity contribution in [3.05, 3.63) is 47.5 Å². The van der Waals surface area contributed by atoms with E-state index in [0.717, 1.165) is 17.9 Å². The van der Waals surface area contributed by atoms with Gasteiger partial charge in [0.05, 0.1) is 18.9 Å². The molecule has 0 aliphatic carbocycles. The van der Waals surface area contributed by atoms with Gasteiger partial charge in [-0.1, -0.05) is 18.2 Å². The Labute approximate surface area is 93.9 Å². The minimum Gasteiger partial charge on any atom is -0.384 e. The van der Waals surface area contributed by atoms with Crippen LogP contribution >= 0.6 is 0 Å². The Morgan fingerprint density at radius 3 is 2.81 bits per heavy atom. The molecule has 1 aromatic carbocycles. The molecule has 16 heavy (non-hydrogen) atoms. The lowest BCUT2D eigenvalue weighted by molar-refractivity contribution is 0.134. The summed E-state index contributed by atoms with van der Waals surface area (Å²) in [4.78, 5) is 4.31. The molecule has 0 saturated heterocycles. The van der Waals surface area contributed by atoms with Crippen LogP contribution in [0.25, 0.3) is 11.3 Å². The van der Waals surface area contributed by atoms with Gasteiger partial charge in [-0.25, -0.2) is 4.98 Å². The van der Waals surface area contributed by atoms with E-state index in [1.54, 1.807) is 6.07 Å². The molecule has 0 amide bonds. The van der Waals surface area contributed by atoms with Crippen LogP contribution in [-0.2, 0) is 18.0 Å². The normalized spacial score (nSPS) is 13.8. The maximum Gasteiger partial charge on any atom is 0.124 e. The zero-order valence-corrected chi connectivity index (χ0v) is 8.81. The van der Waals surface area contributed by atoms with Gasteiger partial charge in [0, 0.05) is 5.56 Å². The molecule has 0 atom stereocenters. The molecular weight excluding hydrogens is 200 g/mol. The number of benzene rings is 1. The van der Waals surface area contributed by atoms with Crippen molar-refractivity contribution in [3.63, 3.8) is 0 Å². The van der Waals surface area contributed by atoms with Crippen LogP contribution in [0.3, 0.4) is 0 Å². The zero-order valence-electron chi connectivity index (χ0n) is 8.81. The second kappa shape index (κ2) is 3.61. The fourth-order valence-electron chi connectivity index (χ4n) is 1.94. The molecule has 3 heteroatoms. The van der Waals surface area contributed by atoms with E-state index >= 15 is 0 Å². The number of hydrogen-bond acceptors (Lipinski definition) is 3. The number of rotatable bonds is 1. The van der Waals surface area contributed by atoms with E-state index in [1.807, 2.05) is 12.1 Å². The van der Waals surface area contributed by atoms with Crippen molar-refractivity contribution in [1.82, 2.24) is 4.98 Å². The van der Waals surface area contributed by atoms with Crippen molar-refractivity contribution in [2.75, 3.05) is 5.73 Å². The second-order valence-corrected chi connectivity index (χ2v) is 3.92. The van der Waals surface area contributed by atoms with Gasteiger partial charge < -0.3 is 10.5 Å². The zero-order chi connectivity index (χ0) is 11.0. The van der Waals surface area contributed by atoms with Crippen LogP contribution in [-0.4, -0.2) is 4.98 Å². The third-order valence-electron chi connectivity index (χ3n) is 2.79. The van der Waals surface area contributed by atoms with Crippen LogP contribution < -0.4 is 5.73 Å². The van der Waals surface area contributed by atoms with Crippen molar-refractivity contribution in [2.24, 2.45) is 0 Å².